The van der Waals surface area contributed by atoms with E-state index < -0.39 is 0 Å². The van der Waals surface area contributed by atoms with Gasteiger partial charge in [-0.3, -0.25) is 0 Å². The van der Waals surface area contributed by atoms with Gasteiger partial charge in [0.05, 0.1) is 0 Å². The third-order valence-corrected chi connectivity index (χ3v) is 3.01. The summed E-state index contributed by atoms with van der Waals surface area (Å²) >= 11 is 0. The van der Waals surface area contributed by atoms with Crippen molar-refractivity contribution < 1.29 is 8.91 Å². The van der Waals surface area contributed by atoms with E-state index in [1.807, 2.05) is 13.0 Å². The lowest BCUT2D eigenvalue weighted by Crippen LogP contribution is -1.82. The molecule has 0 spiro atoms. The first-order chi connectivity index (χ1) is 10.0. The Kier molecular flexibility index (Phi) is 5.04. The van der Waals surface area contributed by atoms with E-state index in [0.717, 1.165) is 18.4 Å². The maximum atomic E-state index is 12.9. The largest absolute Gasteiger partial charge is 0.334 e. The molecule has 110 valence electrons. The summed E-state index contributed by atoms with van der Waals surface area (Å²) in [5, 5.41) is 3.91. The van der Waals surface area contributed by atoms with Crippen molar-refractivity contribution in [3.63, 3.8) is 0 Å². The highest BCUT2D eigenvalue weighted by Gasteiger charge is 2.07. The molecule has 1 aromatic heterocycles. The second-order valence-electron chi connectivity index (χ2n) is 5.27. The molecule has 21 heavy (non-hydrogen) atoms. The van der Waals surface area contributed by atoms with Gasteiger partial charge in [-0.2, -0.15) is 4.98 Å². The van der Waals surface area contributed by atoms with Gasteiger partial charge in [-0.1, -0.05) is 22.4 Å². The molecule has 0 radical (unpaired) electrons. The molecule has 0 aliphatic rings. The van der Waals surface area contributed by atoms with Crippen molar-refractivity contribution in [2.24, 2.45) is 0 Å². The second-order valence-corrected chi connectivity index (χ2v) is 5.27. The molecule has 2 rings (SSSR count). The Morgan fingerprint density at radius 1 is 1.19 bits per heavy atom. The first kappa shape index (κ1) is 15.2. The van der Waals surface area contributed by atoms with Gasteiger partial charge in [0.15, 0.2) is 0 Å². The fourth-order valence-electron chi connectivity index (χ4n) is 1.88. The monoisotopic (exact) mass is 286 g/mol. The zero-order valence-electron chi connectivity index (χ0n) is 12.6. The number of rotatable bonds is 5. The summed E-state index contributed by atoms with van der Waals surface area (Å²) < 4.78 is 18.1. The zero-order chi connectivity index (χ0) is 15.2. The van der Waals surface area contributed by atoms with E-state index in [4.69, 9.17) is 4.52 Å². The zero-order valence-corrected chi connectivity index (χ0v) is 12.6. The third-order valence-electron chi connectivity index (χ3n) is 3.01. The van der Waals surface area contributed by atoms with Crippen molar-refractivity contribution in [3.05, 3.63) is 53.2 Å². The minimum absolute atomic E-state index is 0.280. The van der Waals surface area contributed by atoms with Gasteiger partial charge in [0.2, 0.25) is 5.82 Å². The van der Waals surface area contributed by atoms with Gasteiger partial charge in [-0.05, 0) is 57.9 Å². The Labute approximate surface area is 124 Å². The van der Waals surface area contributed by atoms with Crippen LogP contribution in [0, 0.1) is 5.82 Å². The smallest absolute Gasteiger partial charge is 0.250 e. The van der Waals surface area contributed by atoms with Gasteiger partial charge in [0.25, 0.3) is 5.89 Å². The Hall–Kier alpha value is -2.23. The SMILES string of the molecule is CC(C)=CCC/C(C)=C/c1nc(-c2ccc(F)cc2)no1. The normalized spacial score (nSPS) is 11.5. The van der Waals surface area contributed by atoms with E-state index in [0.29, 0.717) is 11.7 Å². The number of benzene rings is 1. The number of allylic oxidation sites excluding steroid dienone is 3. The molecule has 2 aromatic rings. The summed E-state index contributed by atoms with van der Waals surface area (Å²) in [6.07, 6.45) is 6.05. The lowest BCUT2D eigenvalue weighted by molar-refractivity contribution is 0.410. The van der Waals surface area contributed by atoms with Gasteiger partial charge in [0, 0.05) is 11.6 Å². The average Bonchev–Trinajstić information content (AvgIpc) is 2.87. The molecule has 0 atom stereocenters. The summed E-state index contributed by atoms with van der Waals surface area (Å²) in [6.45, 7) is 6.22. The summed E-state index contributed by atoms with van der Waals surface area (Å²) in [4.78, 5) is 4.30. The molecular formula is C17H19FN2O. The molecule has 0 aliphatic carbocycles. The van der Waals surface area contributed by atoms with E-state index in [9.17, 15) is 4.39 Å². The van der Waals surface area contributed by atoms with Crippen molar-refractivity contribution in [1.82, 2.24) is 10.1 Å². The lowest BCUT2D eigenvalue weighted by Gasteiger charge is -1.96. The molecule has 0 N–H and O–H groups in total. The van der Waals surface area contributed by atoms with Crippen LogP contribution >= 0.6 is 0 Å². The molecular weight excluding hydrogens is 267 g/mol. The van der Waals surface area contributed by atoms with Crippen molar-refractivity contribution in [3.8, 4) is 11.4 Å². The molecule has 1 aromatic carbocycles. The predicted molar refractivity (Wildman–Crippen MR) is 82.0 cm³/mol. The predicted octanol–water partition coefficient (Wildman–Crippen LogP) is 5.03. The van der Waals surface area contributed by atoms with Crippen molar-refractivity contribution >= 4 is 6.08 Å². The molecule has 0 amide bonds. The maximum absolute atomic E-state index is 12.9. The first-order valence-corrected chi connectivity index (χ1v) is 6.95. The fourth-order valence-corrected chi connectivity index (χ4v) is 1.88. The van der Waals surface area contributed by atoms with Crippen LogP contribution in [-0.4, -0.2) is 10.1 Å². The van der Waals surface area contributed by atoms with Crippen LogP contribution in [0.25, 0.3) is 17.5 Å². The summed E-state index contributed by atoms with van der Waals surface area (Å²) in [5.41, 5.74) is 3.24. The topological polar surface area (TPSA) is 38.9 Å². The summed E-state index contributed by atoms with van der Waals surface area (Å²) in [7, 11) is 0. The number of nitrogens with zero attached hydrogens (tertiary/aromatic N) is 2. The van der Waals surface area contributed by atoms with Crippen LogP contribution in [0.3, 0.4) is 0 Å². The fraction of sp³-hybridized carbons (Fsp3) is 0.294. The number of aromatic nitrogens is 2. The van der Waals surface area contributed by atoms with E-state index in [-0.39, 0.29) is 5.82 Å². The van der Waals surface area contributed by atoms with Crippen molar-refractivity contribution in [2.75, 3.05) is 0 Å². The van der Waals surface area contributed by atoms with Crippen LogP contribution in [-0.2, 0) is 0 Å². The van der Waals surface area contributed by atoms with Crippen LogP contribution in [0.4, 0.5) is 4.39 Å². The number of hydrogen-bond donors (Lipinski definition) is 0. The first-order valence-electron chi connectivity index (χ1n) is 6.95. The van der Waals surface area contributed by atoms with Gasteiger partial charge in [-0.15, -0.1) is 0 Å². The maximum Gasteiger partial charge on any atom is 0.250 e. The minimum atomic E-state index is -0.280. The molecule has 4 heteroatoms. The van der Waals surface area contributed by atoms with Gasteiger partial charge < -0.3 is 4.52 Å². The molecule has 0 aliphatic heterocycles. The Morgan fingerprint density at radius 3 is 2.57 bits per heavy atom. The quantitative estimate of drug-likeness (QED) is 0.724. The Morgan fingerprint density at radius 2 is 1.90 bits per heavy atom. The Bertz CT molecular complexity index is 650. The van der Waals surface area contributed by atoms with Gasteiger partial charge in [0.1, 0.15) is 5.82 Å². The molecule has 3 nitrogen and oxygen atoms in total. The van der Waals surface area contributed by atoms with E-state index in [2.05, 4.69) is 30.1 Å². The van der Waals surface area contributed by atoms with Crippen molar-refractivity contribution in [2.45, 2.75) is 33.6 Å². The average molecular weight is 286 g/mol. The van der Waals surface area contributed by atoms with Crippen LogP contribution < -0.4 is 0 Å². The van der Waals surface area contributed by atoms with E-state index >= 15 is 0 Å². The van der Waals surface area contributed by atoms with Crippen LogP contribution in [0.15, 0.2) is 46.0 Å². The highest BCUT2D eigenvalue weighted by Crippen LogP contribution is 2.18. The minimum Gasteiger partial charge on any atom is -0.334 e. The summed E-state index contributed by atoms with van der Waals surface area (Å²) in [5.74, 6) is 0.667. The number of halogens is 1. The van der Waals surface area contributed by atoms with Crippen molar-refractivity contribution in [1.29, 1.82) is 0 Å². The molecule has 0 saturated carbocycles. The van der Waals surface area contributed by atoms with Crippen LogP contribution in [0.2, 0.25) is 0 Å². The highest BCUT2D eigenvalue weighted by molar-refractivity contribution is 5.55. The highest BCUT2D eigenvalue weighted by atomic mass is 19.1. The third kappa shape index (κ3) is 4.67. The molecule has 0 bridgehead atoms. The van der Waals surface area contributed by atoms with E-state index in [1.165, 1.54) is 23.3 Å². The molecule has 1 heterocycles. The second kappa shape index (κ2) is 6.97. The van der Waals surface area contributed by atoms with Crippen LogP contribution in [0.5, 0.6) is 0 Å². The molecule has 0 fully saturated rings. The standard InChI is InChI=1S/C17H19FN2O/c1-12(2)5-4-6-13(3)11-16-19-17(20-21-16)14-7-9-15(18)10-8-14/h5,7-11H,4,6H2,1-3H3/b13-11+. The summed E-state index contributed by atoms with van der Waals surface area (Å²) in [6, 6.07) is 6.03. The van der Waals surface area contributed by atoms with E-state index in [1.54, 1.807) is 12.1 Å². The van der Waals surface area contributed by atoms with Gasteiger partial charge in [-0.25, -0.2) is 4.39 Å². The molecule has 0 saturated heterocycles. The molecule has 0 unspecified atom stereocenters. The Balaban J connectivity index is 2.05. The van der Waals surface area contributed by atoms with Gasteiger partial charge >= 0.3 is 0 Å². The lowest BCUT2D eigenvalue weighted by atomic mass is 10.1. The number of hydrogen-bond acceptors (Lipinski definition) is 3. The van der Waals surface area contributed by atoms with Crippen LogP contribution in [0.1, 0.15) is 39.5 Å².